The minimum atomic E-state index is 0.251. The maximum atomic E-state index is 8.58. The molecule has 0 aliphatic carbocycles. The molecule has 0 amide bonds. The Hall–Kier alpha value is -0.290. The molecule has 0 fully saturated rings. The molecule has 0 aliphatic rings. The number of rotatable bonds is 3. The molecule has 0 unspecified atom stereocenters. The van der Waals surface area contributed by atoms with Crippen molar-refractivity contribution in [2.75, 3.05) is 7.11 Å². The van der Waals surface area contributed by atoms with Gasteiger partial charge in [-0.3, -0.25) is 0 Å². The van der Waals surface area contributed by atoms with Gasteiger partial charge in [0, 0.05) is 10.6 Å². The Bertz CT molecular complexity index is 306. The Labute approximate surface area is 89.7 Å². The summed E-state index contributed by atoms with van der Waals surface area (Å²) in [5, 5.41) is 9.13. The highest BCUT2D eigenvalue weighted by Gasteiger charge is 2.10. The van der Waals surface area contributed by atoms with Gasteiger partial charge in [0.1, 0.15) is 5.75 Å². The fraction of sp³-hybridized carbons (Fsp3) is 0.250. The van der Waals surface area contributed by atoms with Crippen LogP contribution in [0.4, 0.5) is 0 Å². The molecule has 5 heteroatoms. The van der Waals surface area contributed by atoms with Crippen LogP contribution in [0.25, 0.3) is 0 Å². The fourth-order valence-corrected chi connectivity index (χ4v) is 1.79. The molecule has 0 spiro atoms. The number of benzene rings is 1. The Kier molecular flexibility index (Phi) is 3.99. The predicted octanol–water partition coefficient (Wildman–Crippen LogP) is 2.59. The predicted molar refractivity (Wildman–Crippen MR) is 54.3 cm³/mol. The number of hydrogen-bond acceptors (Lipinski definition) is 3. The molecule has 0 saturated heterocycles. The van der Waals surface area contributed by atoms with Crippen LogP contribution in [0.2, 0.25) is 5.02 Å². The standard InChI is InChI=1S/C8H9BrClNO2/c1-13-8-5(4-11-12)7(10)3-2-6(8)9/h2-3,11-12H,4H2,1H3. The lowest BCUT2D eigenvalue weighted by molar-refractivity contribution is 0.160. The van der Waals surface area contributed by atoms with E-state index in [1.807, 2.05) is 5.48 Å². The highest BCUT2D eigenvalue weighted by molar-refractivity contribution is 9.10. The van der Waals surface area contributed by atoms with E-state index in [4.69, 9.17) is 21.5 Å². The zero-order valence-electron chi connectivity index (χ0n) is 6.97. The van der Waals surface area contributed by atoms with Gasteiger partial charge in [0.25, 0.3) is 0 Å². The van der Waals surface area contributed by atoms with Crippen molar-refractivity contribution in [2.24, 2.45) is 0 Å². The molecule has 13 heavy (non-hydrogen) atoms. The molecule has 3 nitrogen and oxygen atoms in total. The Morgan fingerprint density at radius 3 is 2.85 bits per heavy atom. The lowest BCUT2D eigenvalue weighted by atomic mass is 10.2. The maximum Gasteiger partial charge on any atom is 0.139 e. The Morgan fingerprint density at radius 1 is 1.62 bits per heavy atom. The number of halogens is 2. The van der Waals surface area contributed by atoms with Crippen LogP contribution in [0.1, 0.15) is 5.56 Å². The third kappa shape index (κ3) is 2.34. The molecule has 72 valence electrons. The van der Waals surface area contributed by atoms with E-state index in [1.165, 1.54) is 0 Å². The van der Waals surface area contributed by atoms with Crippen LogP contribution in [0.5, 0.6) is 5.75 Å². The summed E-state index contributed by atoms with van der Waals surface area (Å²) in [6, 6.07) is 3.53. The van der Waals surface area contributed by atoms with Crippen LogP contribution in [-0.4, -0.2) is 12.3 Å². The highest BCUT2D eigenvalue weighted by atomic mass is 79.9. The van der Waals surface area contributed by atoms with Crippen LogP contribution in [0, 0.1) is 0 Å². The Balaban J connectivity index is 3.18. The van der Waals surface area contributed by atoms with E-state index >= 15 is 0 Å². The van der Waals surface area contributed by atoms with Crippen LogP contribution >= 0.6 is 27.5 Å². The summed E-state index contributed by atoms with van der Waals surface area (Å²) < 4.78 is 5.94. The summed E-state index contributed by atoms with van der Waals surface area (Å²) in [6.07, 6.45) is 0. The molecule has 1 aromatic rings. The minimum Gasteiger partial charge on any atom is -0.495 e. The molecular weight excluding hydrogens is 257 g/mol. The quantitative estimate of drug-likeness (QED) is 0.826. The number of hydroxylamine groups is 1. The molecule has 1 rings (SSSR count). The van der Waals surface area contributed by atoms with Gasteiger partial charge in [-0.25, -0.2) is 5.48 Å². The van der Waals surface area contributed by atoms with Crippen molar-refractivity contribution in [3.8, 4) is 5.75 Å². The molecule has 0 atom stereocenters. The van der Waals surface area contributed by atoms with Crippen molar-refractivity contribution in [2.45, 2.75) is 6.54 Å². The van der Waals surface area contributed by atoms with Gasteiger partial charge in [-0.2, -0.15) is 0 Å². The monoisotopic (exact) mass is 265 g/mol. The third-order valence-electron chi connectivity index (χ3n) is 1.62. The second kappa shape index (κ2) is 4.81. The maximum absolute atomic E-state index is 8.58. The van der Waals surface area contributed by atoms with Gasteiger partial charge in [0.05, 0.1) is 18.1 Å². The topological polar surface area (TPSA) is 41.5 Å². The van der Waals surface area contributed by atoms with Crippen molar-refractivity contribution >= 4 is 27.5 Å². The molecule has 0 radical (unpaired) electrons. The van der Waals surface area contributed by atoms with E-state index in [0.29, 0.717) is 10.8 Å². The molecular formula is C8H9BrClNO2. The average Bonchev–Trinajstić information content (AvgIpc) is 2.12. The molecule has 1 aromatic carbocycles. The second-order valence-electron chi connectivity index (χ2n) is 2.38. The van der Waals surface area contributed by atoms with E-state index in [-0.39, 0.29) is 6.54 Å². The lowest BCUT2D eigenvalue weighted by Gasteiger charge is -2.10. The number of ether oxygens (including phenoxy) is 1. The number of nitrogens with one attached hydrogen (secondary N) is 1. The molecule has 0 aliphatic heterocycles. The molecule has 0 heterocycles. The van der Waals surface area contributed by atoms with Gasteiger partial charge in [0.2, 0.25) is 0 Å². The first-order chi connectivity index (χ1) is 6.20. The van der Waals surface area contributed by atoms with Gasteiger partial charge < -0.3 is 9.94 Å². The first-order valence-electron chi connectivity index (χ1n) is 3.58. The van der Waals surface area contributed by atoms with Gasteiger partial charge >= 0.3 is 0 Å². The minimum absolute atomic E-state index is 0.251. The van der Waals surface area contributed by atoms with Crippen LogP contribution in [0.3, 0.4) is 0 Å². The van der Waals surface area contributed by atoms with E-state index in [2.05, 4.69) is 15.9 Å². The van der Waals surface area contributed by atoms with Gasteiger partial charge in [-0.1, -0.05) is 11.6 Å². The summed E-state index contributed by atoms with van der Waals surface area (Å²) in [5.74, 6) is 0.633. The third-order valence-corrected chi connectivity index (χ3v) is 2.59. The smallest absolute Gasteiger partial charge is 0.139 e. The lowest BCUT2D eigenvalue weighted by Crippen LogP contribution is -2.08. The van der Waals surface area contributed by atoms with E-state index < -0.39 is 0 Å². The average molecular weight is 267 g/mol. The summed E-state index contributed by atoms with van der Waals surface area (Å²) in [4.78, 5) is 0. The van der Waals surface area contributed by atoms with Crippen LogP contribution in [-0.2, 0) is 6.54 Å². The van der Waals surface area contributed by atoms with E-state index in [0.717, 1.165) is 10.0 Å². The van der Waals surface area contributed by atoms with Gasteiger partial charge in [-0.15, -0.1) is 0 Å². The largest absolute Gasteiger partial charge is 0.495 e. The summed E-state index contributed by atoms with van der Waals surface area (Å²) in [5.41, 5.74) is 2.76. The van der Waals surface area contributed by atoms with Gasteiger partial charge in [0.15, 0.2) is 0 Å². The van der Waals surface area contributed by atoms with Crippen molar-refractivity contribution in [1.82, 2.24) is 5.48 Å². The van der Waals surface area contributed by atoms with Crippen molar-refractivity contribution in [1.29, 1.82) is 0 Å². The first kappa shape index (κ1) is 10.8. The number of methoxy groups -OCH3 is 1. The first-order valence-corrected chi connectivity index (χ1v) is 4.75. The molecule has 0 saturated carbocycles. The highest BCUT2D eigenvalue weighted by Crippen LogP contribution is 2.33. The molecule has 0 bridgehead atoms. The van der Waals surface area contributed by atoms with Crippen molar-refractivity contribution < 1.29 is 9.94 Å². The number of hydrogen-bond donors (Lipinski definition) is 2. The van der Waals surface area contributed by atoms with E-state index in [1.54, 1.807) is 19.2 Å². The zero-order valence-corrected chi connectivity index (χ0v) is 9.32. The summed E-state index contributed by atoms with van der Waals surface area (Å²) in [6.45, 7) is 0.251. The van der Waals surface area contributed by atoms with Crippen LogP contribution in [0.15, 0.2) is 16.6 Å². The zero-order chi connectivity index (χ0) is 9.84. The summed E-state index contributed by atoms with van der Waals surface area (Å²) in [7, 11) is 1.55. The molecule has 2 N–H and O–H groups in total. The Morgan fingerprint density at radius 2 is 2.31 bits per heavy atom. The van der Waals surface area contributed by atoms with Crippen molar-refractivity contribution in [3.63, 3.8) is 0 Å². The van der Waals surface area contributed by atoms with Gasteiger partial charge in [-0.05, 0) is 28.1 Å². The SMILES string of the molecule is COc1c(Br)ccc(Cl)c1CNO. The fourth-order valence-electron chi connectivity index (χ4n) is 1.04. The van der Waals surface area contributed by atoms with E-state index in [9.17, 15) is 0 Å². The van der Waals surface area contributed by atoms with Crippen LogP contribution < -0.4 is 10.2 Å². The second-order valence-corrected chi connectivity index (χ2v) is 3.64. The summed E-state index contributed by atoms with van der Waals surface area (Å²) >= 11 is 9.23. The van der Waals surface area contributed by atoms with Crippen molar-refractivity contribution in [3.05, 3.63) is 27.2 Å². The molecule has 0 aromatic heterocycles. The normalized spacial score (nSPS) is 10.2.